The zero-order valence-electron chi connectivity index (χ0n) is 11.1. The number of carbonyl (C=O) groups is 1. The van der Waals surface area contributed by atoms with Crippen LogP contribution < -0.4 is 5.73 Å². The molecule has 1 rings (SSSR count). The zero-order chi connectivity index (χ0) is 16.4. The molecule has 1 aromatic rings. The van der Waals surface area contributed by atoms with Gasteiger partial charge in [0.15, 0.2) is 0 Å². The Balaban J connectivity index is 0.00000441. The number of carbonyl (C=O) groups excluding carboxylic acids is 1. The fourth-order valence-corrected chi connectivity index (χ4v) is 1.67. The Kier molecular flexibility index (Phi) is 6.70. The Morgan fingerprint density at radius 2 is 1.73 bits per heavy atom. The molecule has 0 spiro atoms. The molecule has 1 aromatic carbocycles. The molecular formula is C12H12ClF6NO2. The third kappa shape index (κ3) is 5.06. The van der Waals surface area contributed by atoms with E-state index in [0.717, 1.165) is 7.11 Å². The highest BCUT2D eigenvalue weighted by Crippen LogP contribution is 2.39. The number of rotatable bonds is 3. The summed E-state index contributed by atoms with van der Waals surface area (Å²) in [5, 5.41) is 0. The molecule has 0 heterocycles. The molecule has 0 aliphatic carbocycles. The van der Waals surface area contributed by atoms with Crippen LogP contribution in [0.3, 0.4) is 0 Å². The topological polar surface area (TPSA) is 52.3 Å². The molecule has 0 saturated carbocycles. The Bertz CT molecular complexity index is 529. The number of ether oxygens (including phenoxy) is 1. The first-order valence-corrected chi connectivity index (χ1v) is 5.57. The van der Waals surface area contributed by atoms with Crippen molar-refractivity contribution in [3.05, 3.63) is 34.9 Å². The number of esters is 1. The number of nitrogens with two attached hydrogens (primary N) is 1. The maximum atomic E-state index is 12.9. The maximum absolute atomic E-state index is 12.9. The number of halogens is 7. The van der Waals surface area contributed by atoms with E-state index in [4.69, 9.17) is 5.73 Å². The normalized spacial score (nSPS) is 13.3. The van der Waals surface area contributed by atoms with Gasteiger partial charge >= 0.3 is 18.3 Å². The van der Waals surface area contributed by atoms with Crippen LogP contribution in [0.1, 0.15) is 29.2 Å². The second-order valence-electron chi connectivity index (χ2n) is 4.18. The fraction of sp³-hybridized carbons (Fsp3) is 0.417. The summed E-state index contributed by atoms with van der Waals surface area (Å²) in [6.45, 7) is 0. The second-order valence-corrected chi connectivity index (χ2v) is 4.18. The van der Waals surface area contributed by atoms with Crippen LogP contribution >= 0.6 is 12.4 Å². The van der Waals surface area contributed by atoms with Crippen LogP contribution in [-0.2, 0) is 21.9 Å². The summed E-state index contributed by atoms with van der Waals surface area (Å²) in [7, 11) is 1.02. The van der Waals surface area contributed by atoms with Gasteiger partial charge in [-0.25, -0.2) is 0 Å². The van der Waals surface area contributed by atoms with Gasteiger partial charge in [0, 0.05) is 6.04 Å². The summed E-state index contributed by atoms with van der Waals surface area (Å²) in [5.74, 6) is -0.865. The predicted octanol–water partition coefficient (Wildman–Crippen LogP) is 3.71. The molecular weight excluding hydrogens is 340 g/mol. The Morgan fingerprint density at radius 1 is 1.18 bits per heavy atom. The van der Waals surface area contributed by atoms with E-state index in [-0.39, 0.29) is 18.5 Å². The quantitative estimate of drug-likeness (QED) is 0.667. The molecule has 126 valence electrons. The third-order valence-corrected chi connectivity index (χ3v) is 2.70. The van der Waals surface area contributed by atoms with E-state index in [1.807, 2.05) is 0 Å². The van der Waals surface area contributed by atoms with Crippen LogP contribution in [0.15, 0.2) is 18.2 Å². The number of benzene rings is 1. The van der Waals surface area contributed by atoms with Crippen LogP contribution in [0.4, 0.5) is 26.3 Å². The van der Waals surface area contributed by atoms with Crippen molar-refractivity contribution >= 4 is 18.4 Å². The molecule has 10 heteroatoms. The van der Waals surface area contributed by atoms with E-state index in [1.165, 1.54) is 0 Å². The summed E-state index contributed by atoms with van der Waals surface area (Å²) >= 11 is 0. The lowest BCUT2D eigenvalue weighted by atomic mass is 9.96. The number of alkyl halides is 6. The minimum Gasteiger partial charge on any atom is -0.469 e. The standard InChI is InChI=1S/C12H11F6NO2.ClH/c1-21-10(20)5-9(19)7-3-2-6(11(13,14)15)4-8(7)12(16,17)18;/h2-4,9H,5,19H2,1H3;1H/t9-;/m0./s1. The highest BCUT2D eigenvalue weighted by atomic mass is 35.5. The summed E-state index contributed by atoms with van der Waals surface area (Å²) in [4.78, 5) is 11.0. The van der Waals surface area contributed by atoms with E-state index in [0.29, 0.717) is 12.1 Å². The zero-order valence-corrected chi connectivity index (χ0v) is 11.9. The first kappa shape index (κ1) is 20.5. The summed E-state index contributed by atoms with van der Waals surface area (Å²) in [6, 6.07) is -0.329. The molecule has 0 saturated heterocycles. The highest BCUT2D eigenvalue weighted by Gasteiger charge is 2.39. The van der Waals surface area contributed by atoms with Crippen LogP contribution in [0, 0.1) is 0 Å². The molecule has 0 radical (unpaired) electrons. The minimum atomic E-state index is -5.02. The van der Waals surface area contributed by atoms with Crippen molar-refractivity contribution in [1.82, 2.24) is 0 Å². The lowest BCUT2D eigenvalue weighted by Gasteiger charge is -2.19. The van der Waals surface area contributed by atoms with E-state index in [9.17, 15) is 31.1 Å². The Labute approximate surface area is 127 Å². The van der Waals surface area contributed by atoms with Crippen LogP contribution in [0.5, 0.6) is 0 Å². The van der Waals surface area contributed by atoms with Crippen molar-refractivity contribution < 1.29 is 35.9 Å². The van der Waals surface area contributed by atoms with Gasteiger partial charge in [-0.2, -0.15) is 26.3 Å². The molecule has 0 amide bonds. The van der Waals surface area contributed by atoms with Crippen molar-refractivity contribution in [1.29, 1.82) is 0 Å². The van der Waals surface area contributed by atoms with Crippen molar-refractivity contribution in [3.8, 4) is 0 Å². The van der Waals surface area contributed by atoms with Crippen molar-refractivity contribution in [2.24, 2.45) is 5.73 Å². The second kappa shape index (κ2) is 7.19. The van der Waals surface area contributed by atoms with E-state index >= 15 is 0 Å². The molecule has 2 N–H and O–H groups in total. The number of hydrogen-bond donors (Lipinski definition) is 1. The molecule has 0 unspecified atom stereocenters. The van der Waals surface area contributed by atoms with Crippen molar-refractivity contribution in [2.45, 2.75) is 24.8 Å². The van der Waals surface area contributed by atoms with Gasteiger partial charge in [0.05, 0.1) is 24.7 Å². The van der Waals surface area contributed by atoms with Gasteiger partial charge in [-0.15, -0.1) is 12.4 Å². The molecule has 1 atom stereocenters. The lowest BCUT2D eigenvalue weighted by Crippen LogP contribution is -2.22. The van der Waals surface area contributed by atoms with Gasteiger partial charge in [0.25, 0.3) is 0 Å². The third-order valence-electron chi connectivity index (χ3n) is 2.70. The van der Waals surface area contributed by atoms with Crippen LogP contribution in [-0.4, -0.2) is 13.1 Å². The SMILES string of the molecule is COC(=O)C[C@H](N)c1ccc(C(F)(F)F)cc1C(F)(F)F.Cl. The van der Waals surface area contributed by atoms with Gasteiger partial charge in [0.2, 0.25) is 0 Å². The molecule has 3 nitrogen and oxygen atoms in total. The maximum Gasteiger partial charge on any atom is 0.416 e. The first-order valence-electron chi connectivity index (χ1n) is 5.57. The summed E-state index contributed by atoms with van der Waals surface area (Å²) < 4.78 is 80.3. The number of methoxy groups -OCH3 is 1. The highest BCUT2D eigenvalue weighted by molar-refractivity contribution is 5.85. The predicted molar refractivity (Wildman–Crippen MR) is 67.3 cm³/mol. The first-order chi connectivity index (χ1) is 9.46. The van der Waals surface area contributed by atoms with E-state index in [1.54, 1.807) is 0 Å². The van der Waals surface area contributed by atoms with Gasteiger partial charge < -0.3 is 10.5 Å². The monoisotopic (exact) mass is 351 g/mol. The number of hydrogen-bond acceptors (Lipinski definition) is 3. The largest absolute Gasteiger partial charge is 0.469 e. The Hall–Kier alpha value is -1.48. The molecule has 0 aliphatic heterocycles. The lowest BCUT2D eigenvalue weighted by molar-refractivity contribution is -0.145. The van der Waals surface area contributed by atoms with Crippen molar-refractivity contribution in [3.63, 3.8) is 0 Å². The molecule has 0 aromatic heterocycles. The smallest absolute Gasteiger partial charge is 0.416 e. The van der Waals surface area contributed by atoms with Crippen LogP contribution in [0.2, 0.25) is 0 Å². The van der Waals surface area contributed by atoms with Crippen LogP contribution in [0.25, 0.3) is 0 Å². The van der Waals surface area contributed by atoms with Crippen molar-refractivity contribution in [2.75, 3.05) is 7.11 Å². The fourth-order valence-electron chi connectivity index (χ4n) is 1.67. The Morgan fingerprint density at radius 3 is 2.14 bits per heavy atom. The summed E-state index contributed by atoms with van der Waals surface area (Å²) in [5.41, 5.74) is 1.89. The van der Waals surface area contributed by atoms with Gasteiger partial charge in [-0.3, -0.25) is 4.79 Å². The summed E-state index contributed by atoms with van der Waals surface area (Å²) in [6.07, 6.45) is -10.5. The van der Waals surface area contributed by atoms with Gasteiger partial charge in [-0.05, 0) is 17.7 Å². The average molecular weight is 352 g/mol. The van der Waals surface area contributed by atoms with E-state index < -0.39 is 47.5 Å². The average Bonchev–Trinajstić information content (AvgIpc) is 2.35. The molecule has 0 bridgehead atoms. The minimum absolute atomic E-state index is 0. The van der Waals surface area contributed by atoms with Gasteiger partial charge in [0.1, 0.15) is 0 Å². The van der Waals surface area contributed by atoms with E-state index in [2.05, 4.69) is 4.74 Å². The molecule has 0 fully saturated rings. The van der Waals surface area contributed by atoms with Gasteiger partial charge in [-0.1, -0.05) is 6.07 Å². The molecule has 0 aliphatic rings. The molecule has 22 heavy (non-hydrogen) atoms.